The molecule has 2 heterocycles. The van der Waals surface area contributed by atoms with E-state index in [9.17, 15) is 5.26 Å². The predicted molar refractivity (Wildman–Crippen MR) is 83.2 cm³/mol. The molecule has 0 fully saturated rings. The van der Waals surface area contributed by atoms with Crippen LogP contribution in [0.4, 0.5) is 11.8 Å². The third kappa shape index (κ3) is 2.33. The third-order valence-electron chi connectivity index (χ3n) is 3.21. The monoisotopic (exact) mass is 291 g/mol. The van der Waals surface area contributed by atoms with Crippen LogP contribution < -0.4 is 11.5 Å². The number of aromatic nitrogens is 4. The second-order valence-corrected chi connectivity index (χ2v) is 4.76. The Kier molecular flexibility index (Phi) is 3.20. The van der Waals surface area contributed by atoms with Crippen molar-refractivity contribution in [3.8, 4) is 28.6 Å². The number of rotatable bonds is 2. The Labute approximate surface area is 126 Å². The predicted octanol–water partition coefficient (Wildman–Crippen LogP) is 1.58. The fourth-order valence-corrected chi connectivity index (χ4v) is 2.21. The van der Waals surface area contributed by atoms with Crippen LogP contribution in [0, 0.1) is 11.3 Å². The van der Waals surface area contributed by atoms with Crippen molar-refractivity contribution >= 4 is 11.8 Å². The van der Waals surface area contributed by atoms with Crippen LogP contribution in [-0.2, 0) is 7.05 Å². The van der Waals surface area contributed by atoms with E-state index in [4.69, 9.17) is 11.5 Å². The lowest BCUT2D eigenvalue weighted by atomic mass is 10.0. The van der Waals surface area contributed by atoms with Crippen molar-refractivity contribution < 1.29 is 0 Å². The van der Waals surface area contributed by atoms with Gasteiger partial charge in [0.15, 0.2) is 0 Å². The minimum absolute atomic E-state index is 0.0368. The van der Waals surface area contributed by atoms with E-state index in [1.807, 2.05) is 49.6 Å². The van der Waals surface area contributed by atoms with Crippen LogP contribution in [0.5, 0.6) is 0 Å². The van der Waals surface area contributed by atoms with Crippen LogP contribution in [0.25, 0.3) is 22.5 Å². The highest BCUT2D eigenvalue weighted by Crippen LogP contribution is 2.28. The van der Waals surface area contributed by atoms with Gasteiger partial charge >= 0.3 is 0 Å². The molecular formula is C15H13N7. The lowest BCUT2D eigenvalue weighted by Crippen LogP contribution is -2.05. The molecule has 1 aromatic carbocycles. The number of anilines is 2. The standard InChI is InChI=1S/C15H13N7/c1-22-6-5-12(21-22)9-3-2-4-10(7-9)13-11(8-16)14(17)20-15(18)19-13/h2-7H,1H3,(H4,17,18,19,20). The van der Waals surface area contributed by atoms with E-state index in [0.29, 0.717) is 5.69 Å². The highest BCUT2D eigenvalue weighted by atomic mass is 15.2. The van der Waals surface area contributed by atoms with Gasteiger partial charge in [0.05, 0.1) is 11.4 Å². The van der Waals surface area contributed by atoms with Crippen LogP contribution in [0.2, 0.25) is 0 Å². The lowest BCUT2D eigenvalue weighted by molar-refractivity contribution is 0.771. The molecule has 3 rings (SSSR count). The van der Waals surface area contributed by atoms with Crippen molar-refractivity contribution in [2.24, 2.45) is 7.05 Å². The second-order valence-electron chi connectivity index (χ2n) is 4.76. The molecule has 0 radical (unpaired) electrons. The number of nitrogens with two attached hydrogens (primary N) is 2. The number of nitrogens with zero attached hydrogens (tertiary/aromatic N) is 5. The highest BCUT2D eigenvalue weighted by molar-refractivity contribution is 5.76. The number of benzene rings is 1. The Hall–Kier alpha value is -3.40. The molecule has 108 valence electrons. The number of hydrogen-bond donors (Lipinski definition) is 2. The maximum absolute atomic E-state index is 9.27. The zero-order chi connectivity index (χ0) is 15.7. The zero-order valence-corrected chi connectivity index (χ0v) is 11.9. The molecule has 2 aromatic heterocycles. The van der Waals surface area contributed by atoms with E-state index in [-0.39, 0.29) is 17.3 Å². The van der Waals surface area contributed by atoms with E-state index < -0.39 is 0 Å². The fraction of sp³-hybridized carbons (Fsp3) is 0.0667. The van der Waals surface area contributed by atoms with Crippen molar-refractivity contribution in [3.63, 3.8) is 0 Å². The molecule has 7 nitrogen and oxygen atoms in total. The third-order valence-corrected chi connectivity index (χ3v) is 3.21. The van der Waals surface area contributed by atoms with Crippen LogP contribution in [-0.4, -0.2) is 19.7 Å². The van der Waals surface area contributed by atoms with Crippen molar-refractivity contribution in [1.29, 1.82) is 5.26 Å². The molecule has 3 aromatic rings. The smallest absolute Gasteiger partial charge is 0.222 e. The summed E-state index contributed by atoms with van der Waals surface area (Å²) in [7, 11) is 1.85. The van der Waals surface area contributed by atoms with E-state index in [1.165, 1.54) is 0 Å². The average molecular weight is 291 g/mol. The number of hydrogen-bond acceptors (Lipinski definition) is 6. The van der Waals surface area contributed by atoms with Crippen LogP contribution in [0.15, 0.2) is 36.5 Å². The summed E-state index contributed by atoms with van der Waals surface area (Å²) in [4.78, 5) is 7.97. The van der Waals surface area contributed by atoms with Crippen LogP contribution >= 0.6 is 0 Å². The number of nitrogen functional groups attached to an aromatic ring is 2. The maximum Gasteiger partial charge on any atom is 0.222 e. The topological polar surface area (TPSA) is 119 Å². The molecule has 0 amide bonds. The normalized spacial score (nSPS) is 10.4. The van der Waals surface area contributed by atoms with E-state index in [1.54, 1.807) is 4.68 Å². The largest absolute Gasteiger partial charge is 0.382 e. The summed E-state index contributed by atoms with van der Waals surface area (Å²) in [6, 6.07) is 11.5. The second kappa shape index (κ2) is 5.18. The summed E-state index contributed by atoms with van der Waals surface area (Å²) in [5.74, 6) is 0.114. The summed E-state index contributed by atoms with van der Waals surface area (Å²) in [6.07, 6.45) is 1.86. The minimum atomic E-state index is 0.0368. The molecule has 0 aliphatic rings. The molecular weight excluding hydrogens is 278 g/mol. The first-order valence-corrected chi connectivity index (χ1v) is 6.52. The summed E-state index contributed by atoms with van der Waals surface area (Å²) >= 11 is 0. The lowest BCUT2D eigenvalue weighted by Gasteiger charge is -2.07. The van der Waals surface area contributed by atoms with Crippen LogP contribution in [0.3, 0.4) is 0 Å². The molecule has 0 saturated heterocycles. The molecule has 7 heteroatoms. The van der Waals surface area contributed by atoms with Gasteiger partial charge in [0.25, 0.3) is 0 Å². The summed E-state index contributed by atoms with van der Waals surface area (Å²) < 4.78 is 1.73. The van der Waals surface area contributed by atoms with Gasteiger partial charge in [0.2, 0.25) is 5.95 Å². The van der Waals surface area contributed by atoms with Gasteiger partial charge in [-0.15, -0.1) is 0 Å². The van der Waals surface area contributed by atoms with E-state index in [2.05, 4.69) is 15.1 Å². The Bertz CT molecular complexity index is 889. The van der Waals surface area contributed by atoms with Crippen molar-refractivity contribution in [2.75, 3.05) is 11.5 Å². The first-order chi connectivity index (χ1) is 10.6. The first kappa shape index (κ1) is 13.6. The average Bonchev–Trinajstić information content (AvgIpc) is 2.93. The summed E-state index contributed by atoms with van der Waals surface area (Å²) in [6.45, 7) is 0. The van der Waals surface area contributed by atoms with Gasteiger partial charge in [0, 0.05) is 24.4 Å². The van der Waals surface area contributed by atoms with Gasteiger partial charge in [-0.05, 0) is 12.1 Å². The van der Waals surface area contributed by atoms with Gasteiger partial charge < -0.3 is 11.5 Å². The van der Waals surface area contributed by atoms with Crippen LogP contribution in [0.1, 0.15) is 5.56 Å². The van der Waals surface area contributed by atoms with E-state index >= 15 is 0 Å². The molecule has 4 N–H and O–H groups in total. The molecule has 0 spiro atoms. The van der Waals surface area contributed by atoms with Gasteiger partial charge in [-0.2, -0.15) is 15.3 Å². The Balaban J connectivity index is 2.16. The van der Waals surface area contributed by atoms with Gasteiger partial charge in [-0.1, -0.05) is 18.2 Å². The summed E-state index contributed by atoms with van der Waals surface area (Å²) in [5, 5.41) is 13.6. The van der Waals surface area contributed by atoms with Crippen molar-refractivity contribution in [2.45, 2.75) is 0 Å². The quantitative estimate of drug-likeness (QED) is 0.739. The fourth-order valence-electron chi connectivity index (χ4n) is 2.21. The summed E-state index contributed by atoms with van der Waals surface area (Å²) in [5.41, 5.74) is 14.5. The SMILES string of the molecule is Cn1ccc(-c2cccc(-c3nc(N)nc(N)c3C#N)c2)n1. The number of nitriles is 1. The van der Waals surface area contributed by atoms with Crippen molar-refractivity contribution in [3.05, 3.63) is 42.1 Å². The first-order valence-electron chi connectivity index (χ1n) is 6.52. The Morgan fingerprint density at radius 1 is 1.14 bits per heavy atom. The van der Waals surface area contributed by atoms with Gasteiger partial charge in [0.1, 0.15) is 17.5 Å². The van der Waals surface area contributed by atoms with Gasteiger partial charge in [-0.25, -0.2) is 4.98 Å². The van der Waals surface area contributed by atoms with Crippen molar-refractivity contribution in [1.82, 2.24) is 19.7 Å². The molecule has 0 aliphatic heterocycles. The Morgan fingerprint density at radius 3 is 2.59 bits per heavy atom. The molecule has 22 heavy (non-hydrogen) atoms. The highest BCUT2D eigenvalue weighted by Gasteiger charge is 2.14. The molecule has 0 bridgehead atoms. The molecule has 0 aliphatic carbocycles. The van der Waals surface area contributed by atoms with E-state index in [0.717, 1.165) is 16.8 Å². The zero-order valence-electron chi connectivity index (χ0n) is 11.9. The minimum Gasteiger partial charge on any atom is -0.382 e. The van der Waals surface area contributed by atoms with Gasteiger partial charge in [-0.3, -0.25) is 4.68 Å². The number of aryl methyl sites for hydroxylation is 1. The molecule has 0 unspecified atom stereocenters. The molecule has 0 saturated carbocycles. The Morgan fingerprint density at radius 2 is 1.91 bits per heavy atom. The molecule has 0 atom stereocenters. The maximum atomic E-state index is 9.27.